The Hall–Kier alpha value is -4.27. The predicted octanol–water partition coefficient (Wildman–Crippen LogP) is 6.92. The highest BCUT2D eigenvalue weighted by Crippen LogP contribution is 2.30. The molecule has 6 nitrogen and oxygen atoms in total. The maximum atomic E-state index is 12.8. The molecule has 0 spiro atoms. The van der Waals surface area contributed by atoms with Gasteiger partial charge in [-0.15, -0.1) is 0 Å². The van der Waals surface area contributed by atoms with Crippen LogP contribution in [0.3, 0.4) is 0 Å². The van der Waals surface area contributed by atoms with Gasteiger partial charge in [0.15, 0.2) is 0 Å². The van der Waals surface area contributed by atoms with Crippen LogP contribution < -0.4 is 10.1 Å². The summed E-state index contributed by atoms with van der Waals surface area (Å²) in [5, 5.41) is 12.2. The summed E-state index contributed by atoms with van der Waals surface area (Å²) in [6.45, 7) is 2.50. The number of rotatable bonds is 11. The number of carboxylic acids is 1. The predicted molar refractivity (Wildman–Crippen MR) is 137 cm³/mol. The number of hydrogen-bond donors (Lipinski definition) is 2. The van der Waals surface area contributed by atoms with Crippen LogP contribution in [0.25, 0.3) is 11.5 Å². The highest BCUT2D eigenvalue weighted by molar-refractivity contribution is 5.67. The number of anilines is 1. The Bertz CT molecular complexity index is 1370. The van der Waals surface area contributed by atoms with E-state index < -0.39 is 17.7 Å². The van der Waals surface area contributed by atoms with E-state index in [0.29, 0.717) is 43.3 Å². The van der Waals surface area contributed by atoms with Gasteiger partial charge in [0.05, 0.1) is 17.9 Å². The third-order valence-electron chi connectivity index (χ3n) is 6.00. The van der Waals surface area contributed by atoms with E-state index in [1.54, 1.807) is 6.07 Å². The third-order valence-corrected chi connectivity index (χ3v) is 6.00. The number of carboxylic acid groups (broad SMARTS) is 1. The van der Waals surface area contributed by atoms with Crippen LogP contribution in [0.2, 0.25) is 0 Å². The van der Waals surface area contributed by atoms with Gasteiger partial charge in [-0.2, -0.15) is 13.2 Å². The van der Waals surface area contributed by atoms with Crippen molar-refractivity contribution in [3.8, 4) is 17.2 Å². The second kappa shape index (κ2) is 11.9. The molecule has 9 heteroatoms. The molecular weight excluding hydrogens is 497 g/mol. The first-order valence-electron chi connectivity index (χ1n) is 12.1. The van der Waals surface area contributed by atoms with E-state index >= 15 is 0 Å². The minimum absolute atomic E-state index is 0.0390. The Morgan fingerprint density at radius 3 is 2.42 bits per heavy atom. The van der Waals surface area contributed by atoms with Crippen molar-refractivity contribution >= 4 is 11.7 Å². The molecule has 0 radical (unpaired) electrons. The van der Waals surface area contributed by atoms with Crippen molar-refractivity contribution in [2.24, 2.45) is 0 Å². The van der Waals surface area contributed by atoms with E-state index in [0.717, 1.165) is 40.3 Å². The second-order valence-electron chi connectivity index (χ2n) is 8.74. The summed E-state index contributed by atoms with van der Waals surface area (Å²) in [4.78, 5) is 15.7. The van der Waals surface area contributed by atoms with Crippen molar-refractivity contribution < 1.29 is 32.2 Å². The molecule has 4 rings (SSSR count). The van der Waals surface area contributed by atoms with Crippen LogP contribution >= 0.6 is 0 Å². The van der Waals surface area contributed by atoms with Gasteiger partial charge in [-0.05, 0) is 73.0 Å². The van der Waals surface area contributed by atoms with Crippen molar-refractivity contribution in [1.29, 1.82) is 0 Å². The molecule has 0 aliphatic carbocycles. The van der Waals surface area contributed by atoms with E-state index in [-0.39, 0.29) is 6.42 Å². The molecule has 1 aromatic heterocycles. The lowest BCUT2D eigenvalue weighted by Gasteiger charge is -2.14. The van der Waals surface area contributed by atoms with Gasteiger partial charge in [-0.25, -0.2) is 4.98 Å². The number of aryl methyl sites for hydroxylation is 2. The van der Waals surface area contributed by atoms with Crippen LogP contribution in [-0.2, 0) is 30.4 Å². The molecule has 3 aromatic carbocycles. The lowest BCUT2D eigenvalue weighted by molar-refractivity contribution is -0.138. The molecule has 0 unspecified atom stereocenters. The van der Waals surface area contributed by atoms with E-state index in [9.17, 15) is 18.0 Å². The van der Waals surface area contributed by atoms with E-state index in [1.807, 2.05) is 49.4 Å². The number of hydrogen-bond acceptors (Lipinski definition) is 5. The van der Waals surface area contributed by atoms with Gasteiger partial charge in [-0.1, -0.05) is 24.3 Å². The summed E-state index contributed by atoms with van der Waals surface area (Å²) in [7, 11) is 0. The molecular formula is C29H27F3N2O4. The number of ether oxygens (including phenoxy) is 1. The fourth-order valence-electron chi connectivity index (χ4n) is 3.95. The molecule has 0 aliphatic rings. The Morgan fingerprint density at radius 2 is 1.74 bits per heavy atom. The standard InChI is InChI=1S/C29H27F3N2O4/c1-19-26(34-28(38-19)21-5-3-2-4-6-21)15-16-37-25-13-7-20(8-14-27(35)36)22(17-25)18-33-24-11-9-23(10-12-24)29(30,31)32/h2-7,9-13,17,33H,8,14-16,18H2,1H3,(H,35,36). The lowest BCUT2D eigenvalue weighted by Crippen LogP contribution is -2.08. The van der Waals surface area contributed by atoms with Crippen molar-refractivity contribution in [2.45, 2.75) is 38.9 Å². The molecule has 0 amide bonds. The average Bonchev–Trinajstić information content (AvgIpc) is 3.27. The number of aromatic nitrogens is 1. The summed E-state index contributed by atoms with van der Waals surface area (Å²) < 4.78 is 50.3. The van der Waals surface area contributed by atoms with Gasteiger partial charge in [0.25, 0.3) is 0 Å². The summed E-state index contributed by atoms with van der Waals surface area (Å²) >= 11 is 0. The van der Waals surface area contributed by atoms with Gasteiger partial charge in [0.2, 0.25) is 5.89 Å². The fourth-order valence-corrected chi connectivity index (χ4v) is 3.95. The van der Waals surface area contributed by atoms with Crippen LogP contribution in [-0.4, -0.2) is 22.7 Å². The van der Waals surface area contributed by atoms with Gasteiger partial charge in [0, 0.05) is 30.6 Å². The number of alkyl halides is 3. The van der Waals surface area contributed by atoms with Crippen molar-refractivity contribution in [2.75, 3.05) is 11.9 Å². The summed E-state index contributed by atoms with van der Waals surface area (Å²) in [6.07, 6.45) is -3.59. The zero-order valence-electron chi connectivity index (χ0n) is 20.7. The van der Waals surface area contributed by atoms with Gasteiger partial charge >= 0.3 is 12.1 Å². The van der Waals surface area contributed by atoms with Crippen LogP contribution in [0.5, 0.6) is 5.75 Å². The first kappa shape index (κ1) is 26.8. The van der Waals surface area contributed by atoms with E-state index in [4.69, 9.17) is 14.3 Å². The zero-order chi connectivity index (χ0) is 27.1. The Labute approximate surface area is 218 Å². The number of halogens is 3. The van der Waals surface area contributed by atoms with Crippen molar-refractivity contribution in [1.82, 2.24) is 4.98 Å². The number of carbonyl (C=O) groups is 1. The molecule has 1 heterocycles. The second-order valence-corrected chi connectivity index (χ2v) is 8.74. The summed E-state index contributed by atoms with van der Waals surface area (Å²) in [6, 6.07) is 19.8. The maximum Gasteiger partial charge on any atom is 0.416 e. The van der Waals surface area contributed by atoms with E-state index in [1.165, 1.54) is 12.1 Å². The van der Waals surface area contributed by atoms with Crippen LogP contribution in [0, 0.1) is 6.92 Å². The molecule has 0 bridgehead atoms. The Morgan fingerprint density at radius 1 is 1.00 bits per heavy atom. The average molecular weight is 525 g/mol. The molecule has 0 atom stereocenters. The third kappa shape index (κ3) is 7.15. The fraction of sp³-hybridized carbons (Fsp3) is 0.241. The monoisotopic (exact) mass is 524 g/mol. The molecule has 0 saturated carbocycles. The minimum Gasteiger partial charge on any atom is -0.493 e. The van der Waals surface area contributed by atoms with Crippen molar-refractivity contribution in [3.05, 3.63) is 101 Å². The number of nitrogens with zero attached hydrogens (tertiary/aromatic N) is 1. The SMILES string of the molecule is Cc1oc(-c2ccccc2)nc1CCOc1ccc(CCC(=O)O)c(CNc2ccc(C(F)(F)F)cc2)c1. The minimum atomic E-state index is -4.40. The molecule has 0 fully saturated rings. The normalized spacial score (nSPS) is 11.4. The first-order valence-corrected chi connectivity index (χ1v) is 12.1. The highest BCUT2D eigenvalue weighted by atomic mass is 19.4. The van der Waals surface area contributed by atoms with E-state index in [2.05, 4.69) is 10.3 Å². The smallest absolute Gasteiger partial charge is 0.416 e. The number of aliphatic carboxylic acids is 1. The summed E-state index contributed by atoms with van der Waals surface area (Å²) in [5.74, 6) is 0.956. The number of oxazole rings is 1. The number of nitrogens with one attached hydrogen (secondary N) is 1. The topological polar surface area (TPSA) is 84.6 Å². The molecule has 2 N–H and O–H groups in total. The largest absolute Gasteiger partial charge is 0.493 e. The molecule has 198 valence electrons. The molecule has 38 heavy (non-hydrogen) atoms. The molecule has 4 aromatic rings. The zero-order valence-corrected chi connectivity index (χ0v) is 20.7. The van der Waals surface area contributed by atoms with Crippen LogP contribution in [0.1, 0.15) is 34.6 Å². The van der Waals surface area contributed by atoms with Gasteiger partial charge < -0.3 is 19.6 Å². The highest BCUT2D eigenvalue weighted by Gasteiger charge is 2.29. The maximum absolute atomic E-state index is 12.8. The van der Waals surface area contributed by atoms with Crippen LogP contribution in [0.15, 0.2) is 77.2 Å². The van der Waals surface area contributed by atoms with Crippen LogP contribution in [0.4, 0.5) is 18.9 Å². The molecule has 0 aliphatic heterocycles. The first-order chi connectivity index (χ1) is 18.2. The quantitative estimate of drug-likeness (QED) is 0.222. The van der Waals surface area contributed by atoms with Gasteiger partial charge in [0.1, 0.15) is 11.5 Å². The number of benzene rings is 3. The summed E-state index contributed by atoms with van der Waals surface area (Å²) in [5.41, 5.74) is 3.10. The molecule has 0 saturated heterocycles. The van der Waals surface area contributed by atoms with Crippen molar-refractivity contribution in [3.63, 3.8) is 0 Å². The Balaban J connectivity index is 1.42. The Kier molecular flexibility index (Phi) is 8.35. The van der Waals surface area contributed by atoms with Gasteiger partial charge in [-0.3, -0.25) is 4.79 Å². The lowest BCUT2D eigenvalue weighted by atomic mass is 10.0.